The van der Waals surface area contributed by atoms with Crippen LogP contribution >= 0.6 is 0 Å². The molecule has 1 heterocycles. The molecule has 0 amide bonds. The van der Waals surface area contributed by atoms with Crippen molar-refractivity contribution >= 4 is 0 Å². The van der Waals surface area contributed by atoms with Gasteiger partial charge in [0, 0.05) is 33.2 Å². The van der Waals surface area contributed by atoms with Crippen LogP contribution in [0.3, 0.4) is 0 Å². The lowest BCUT2D eigenvalue weighted by Gasteiger charge is -2.19. The molecule has 86 valence electrons. The highest BCUT2D eigenvalue weighted by molar-refractivity contribution is 4.85. The Hall–Kier alpha value is -0.940. The van der Waals surface area contributed by atoms with Crippen molar-refractivity contribution in [3.63, 3.8) is 0 Å². The molecular weight excluding hydrogens is 192 g/mol. The Morgan fingerprint density at radius 3 is 2.80 bits per heavy atom. The molecule has 2 atom stereocenters. The van der Waals surface area contributed by atoms with Crippen molar-refractivity contribution in [3.05, 3.63) is 12.2 Å². The Kier molecular flexibility index (Phi) is 4.71. The van der Waals surface area contributed by atoms with Gasteiger partial charge in [-0.25, -0.2) is 0 Å². The molecule has 0 bridgehead atoms. The average molecular weight is 212 g/mol. The Labute approximate surface area is 90.8 Å². The van der Waals surface area contributed by atoms with Gasteiger partial charge in [-0.3, -0.25) is 0 Å². The minimum Gasteiger partial charge on any atom is -0.380 e. The van der Waals surface area contributed by atoms with E-state index >= 15 is 0 Å². The van der Waals surface area contributed by atoms with E-state index in [0.29, 0.717) is 6.04 Å². The van der Waals surface area contributed by atoms with E-state index in [-0.39, 0.29) is 6.10 Å². The summed E-state index contributed by atoms with van der Waals surface area (Å²) >= 11 is 0. The molecule has 0 spiro atoms. The number of aromatic nitrogens is 3. The molecule has 0 saturated heterocycles. The van der Waals surface area contributed by atoms with Gasteiger partial charge < -0.3 is 14.6 Å². The smallest absolute Gasteiger partial charge is 0.133 e. The predicted octanol–water partition coefficient (Wildman–Crippen LogP) is 0.371. The summed E-state index contributed by atoms with van der Waals surface area (Å²) in [7, 11) is 3.68. The topological polar surface area (TPSA) is 52.0 Å². The van der Waals surface area contributed by atoms with Gasteiger partial charge in [0.2, 0.25) is 0 Å². The first kappa shape index (κ1) is 12.1. The quantitative estimate of drug-likeness (QED) is 0.740. The minimum atomic E-state index is 0.226. The fraction of sp³-hybridized carbons (Fsp3) is 0.800. The summed E-state index contributed by atoms with van der Waals surface area (Å²) in [5, 5.41) is 11.2. The Bertz CT molecular complexity index is 287. The lowest BCUT2D eigenvalue weighted by molar-refractivity contribution is 0.0889. The zero-order valence-corrected chi connectivity index (χ0v) is 9.90. The van der Waals surface area contributed by atoms with Gasteiger partial charge in [0.25, 0.3) is 0 Å². The van der Waals surface area contributed by atoms with Crippen LogP contribution in [0.4, 0.5) is 0 Å². The number of aryl methyl sites for hydroxylation is 1. The molecule has 0 aliphatic rings. The van der Waals surface area contributed by atoms with Crippen molar-refractivity contribution in [1.82, 2.24) is 20.1 Å². The third-order valence-corrected chi connectivity index (χ3v) is 2.70. The van der Waals surface area contributed by atoms with Gasteiger partial charge >= 0.3 is 0 Å². The SMILES string of the molecule is COC(C)C(C)NCCc1nncn1C. The molecule has 5 nitrogen and oxygen atoms in total. The number of hydrogen-bond donors (Lipinski definition) is 1. The Morgan fingerprint density at radius 1 is 1.53 bits per heavy atom. The van der Waals surface area contributed by atoms with E-state index in [1.165, 1.54) is 0 Å². The maximum atomic E-state index is 5.23. The van der Waals surface area contributed by atoms with Crippen molar-refractivity contribution < 1.29 is 4.74 Å². The molecule has 0 fully saturated rings. The largest absolute Gasteiger partial charge is 0.380 e. The van der Waals surface area contributed by atoms with Crippen molar-refractivity contribution in [2.24, 2.45) is 7.05 Å². The van der Waals surface area contributed by atoms with Crippen molar-refractivity contribution in [2.45, 2.75) is 32.4 Å². The van der Waals surface area contributed by atoms with Gasteiger partial charge in [-0.1, -0.05) is 0 Å². The van der Waals surface area contributed by atoms with Gasteiger partial charge in [0.05, 0.1) is 6.10 Å². The van der Waals surface area contributed by atoms with Gasteiger partial charge in [-0.15, -0.1) is 10.2 Å². The van der Waals surface area contributed by atoms with Gasteiger partial charge in [-0.2, -0.15) is 0 Å². The highest BCUT2D eigenvalue weighted by Gasteiger charge is 2.10. The minimum absolute atomic E-state index is 0.226. The van der Waals surface area contributed by atoms with Crippen molar-refractivity contribution in [3.8, 4) is 0 Å². The summed E-state index contributed by atoms with van der Waals surface area (Å²) in [6.07, 6.45) is 2.83. The van der Waals surface area contributed by atoms with Gasteiger partial charge in [0.15, 0.2) is 0 Å². The third-order valence-electron chi connectivity index (χ3n) is 2.70. The summed E-state index contributed by atoms with van der Waals surface area (Å²) in [6.45, 7) is 5.06. The summed E-state index contributed by atoms with van der Waals surface area (Å²) in [5.74, 6) is 1.000. The van der Waals surface area contributed by atoms with Crippen LogP contribution < -0.4 is 5.32 Å². The van der Waals surface area contributed by atoms with E-state index in [9.17, 15) is 0 Å². The average Bonchev–Trinajstić information content (AvgIpc) is 2.63. The van der Waals surface area contributed by atoms with Crippen LogP contribution in [-0.4, -0.2) is 40.6 Å². The molecule has 5 heteroatoms. The maximum absolute atomic E-state index is 5.23. The molecule has 2 unspecified atom stereocenters. The molecule has 15 heavy (non-hydrogen) atoms. The molecule has 0 aromatic carbocycles. The van der Waals surface area contributed by atoms with E-state index in [4.69, 9.17) is 4.74 Å². The van der Waals surface area contributed by atoms with Crippen LogP contribution in [-0.2, 0) is 18.2 Å². The molecule has 0 radical (unpaired) electrons. The monoisotopic (exact) mass is 212 g/mol. The number of rotatable bonds is 6. The fourth-order valence-electron chi connectivity index (χ4n) is 1.32. The lowest BCUT2D eigenvalue weighted by atomic mass is 10.2. The highest BCUT2D eigenvalue weighted by atomic mass is 16.5. The fourth-order valence-corrected chi connectivity index (χ4v) is 1.32. The molecule has 0 aliphatic heterocycles. The number of hydrogen-bond acceptors (Lipinski definition) is 4. The number of nitrogens with zero attached hydrogens (tertiary/aromatic N) is 3. The first-order chi connectivity index (χ1) is 7.15. The van der Waals surface area contributed by atoms with Crippen LogP contribution in [0, 0.1) is 0 Å². The lowest BCUT2D eigenvalue weighted by Crippen LogP contribution is -2.37. The molecule has 1 aromatic rings. The van der Waals surface area contributed by atoms with Crippen LogP contribution in [0.5, 0.6) is 0 Å². The van der Waals surface area contributed by atoms with Crippen molar-refractivity contribution in [2.75, 3.05) is 13.7 Å². The zero-order valence-electron chi connectivity index (χ0n) is 9.90. The van der Waals surface area contributed by atoms with E-state index in [2.05, 4.69) is 29.4 Å². The summed E-state index contributed by atoms with van der Waals surface area (Å²) in [4.78, 5) is 0. The number of ether oxygens (including phenoxy) is 1. The van der Waals surface area contributed by atoms with E-state index in [1.807, 2.05) is 11.6 Å². The first-order valence-electron chi connectivity index (χ1n) is 5.24. The standard InChI is InChI=1S/C10H20N4O/c1-8(9(2)15-4)11-6-5-10-13-12-7-14(10)3/h7-9,11H,5-6H2,1-4H3. The summed E-state index contributed by atoms with van der Waals surface area (Å²) < 4.78 is 7.16. The van der Waals surface area contributed by atoms with E-state index in [1.54, 1.807) is 13.4 Å². The molecule has 1 aromatic heterocycles. The van der Waals surface area contributed by atoms with E-state index in [0.717, 1.165) is 18.8 Å². The Balaban J connectivity index is 2.25. The molecular formula is C10H20N4O. The summed E-state index contributed by atoms with van der Waals surface area (Å²) in [6, 6.07) is 0.350. The number of nitrogens with one attached hydrogen (secondary N) is 1. The Morgan fingerprint density at radius 2 is 2.27 bits per heavy atom. The number of methoxy groups -OCH3 is 1. The molecule has 0 aliphatic carbocycles. The molecule has 1 N–H and O–H groups in total. The van der Waals surface area contributed by atoms with Crippen molar-refractivity contribution in [1.29, 1.82) is 0 Å². The first-order valence-corrected chi connectivity index (χ1v) is 5.24. The van der Waals surface area contributed by atoms with Crippen LogP contribution in [0.1, 0.15) is 19.7 Å². The molecule has 0 saturated carbocycles. The van der Waals surface area contributed by atoms with Crippen LogP contribution in [0.2, 0.25) is 0 Å². The highest BCUT2D eigenvalue weighted by Crippen LogP contribution is 1.97. The van der Waals surface area contributed by atoms with Gasteiger partial charge in [0.1, 0.15) is 12.2 Å². The summed E-state index contributed by atoms with van der Waals surface area (Å²) in [5.41, 5.74) is 0. The molecule has 1 rings (SSSR count). The zero-order chi connectivity index (χ0) is 11.3. The van der Waals surface area contributed by atoms with Gasteiger partial charge in [-0.05, 0) is 13.8 Å². The normalized spacial score (nSPS) is 15.2. The third kappa shape index (κ3) is 3.60. The maximum Gasteiger partial charge on any atom is 0.133 e. The van der Waals surface area contributed by atoms with E-state index < -0.39 is 0 Å². The second-order valence-electron chi connectivity index (χ2n) is 3.79. The van der Waals surface area contributed by atoms with Crippen LogP contribution in [0.15, 0.2) is 6.33 Å². The van der Waals surface area contributed by atoms with Crippen LogP contribution in [0.25, 0.3) is 0 Å². The second kappa shape index (κ2) is 5.82. The second-order valence-corrected chi connectivity index (χ2v) is 3.79. The predicted molar refractivity (Wildman–Crippen MR) is 58.6 cm³/mol.